The average molecular weight is 293 g/mol. The number of hydrogen-bond donors (Lipinski definition) is 1. The number of halogens is 1. The fourth-order valence-corrected chi connectivity index (χ4v) is 2.46. The van der Waals surface area contributed by atoms with Crippen LogP contribution in [0, 0.1) is 15.9 Å². The van der Waals surface area contributed by atoms with Gasteiger partial charge in [-0.15, -0.1) is 0 Å². The van der Waals surface area contributed by atoms with E-state index in [-0.39, 0.29) is 11.5 Å². The van der Waals surface area contributed by atoms with Crippen molar-refractivity contribution in [3.05, 3.63) is 52.3 Å². The fraction of sp³-hybridized carbons (Fsp3) is 0.154. The first kappa shape index (κ1) is 14.3. The third-order valence-corrected chi connectivity index (χ3v) is 3.28. The van der Waals surface area contributed by atoms with Crippen LogP contribution in [0.4, 0.5) is 15.9 Å². The van der Waals surface area contributed by atoms with E-state index >= 15 is 0 Å². The minimum absolute atomic E-state index is 0.0464. The summed E-state index contributed by atoms with van der Waals surface area (Å²) in [5.41, 5.74) is -0.0464. The average Bonchev–Trinajstić information content (AvgIpc) is 2.38. The van der Waals surface area contributed by atoms with Crippen molar-refractivity contribution in [2.75, 3.05) is 11.9 Å². The van der Waals surface area contributed by atoms with Gasteiger partial charge in [-0.3, -0.25) is 10.1 Å². The molecule has 104 valence electrons. The second-order valence-corrected chi connectivity index (χ2v) is 4.99. The minimum atomic E-state index is -0.474. The number of nitrogens with one attached hydrogen (secondary N) is 1. The summed E-state index contributed by atoms with van der Waals surface area (Å²) < 4.78 is 13.1. The highest BCUT2D eigenvalue weighted by Crippen LogP contribution is 2.30. The minimum Gasteiger partial charge on any atom is -0.370 e. The maximum absolute atomic E-state index is 13.1. The molecule has 0 saturated carbocycles. The predicted molar refractivity (Wildman–Crippen MR) is 75.6 cm³/mol. The number of nitrogens with zero attached hydrogens (tertiary/aromatic N) is 2. The van der Waals surface area contributed by atoms with Crippen LogP contribution in [-0.4, -0.2) is 16.5 Å². The maximum Gasteiger partial charge on any atom is 0.275 e. The van der Waals surface area contributed by atoms with E-state index in [9.17, 15) is 14.5 Å². The van der Waals surface area contributed by atoms with E-state index in [1.54, 1.807) is 12.1 Å². The van der Waals surface area contributed by atoms with Crippen molar-refractivity contribution in [1.29, 1.82) is 0 Å². The zero-order valence-corrected chi connectivity index (χ0v) is 11.5. The maximum atomic E-state index is 13.1. The highest BCUT2D eigenvalue weighted by Gasteiger charge is 2.12. The lowest BCUT2D eigenvalue weighted by atomic mass is 10.3. The zero-order chi connectivity index (χ0) is 14.5. The van der Waals surface area contributed by atoms with Gasteiger partial charge in [0.2, 0.25) is 0 Å². The van der Waals surface area contributed by atoms with Gasteiger partial charge in [0.15, 0.2) is 0 Å². The van der Waals surface area contributed by atoms with Gasteiger partial charge in [-0.25, -0.2) is 9.37 Å². The summed E-state index contributed by atoms with van der Waals surface area (Å²) in [6.45, 7) is 2.48. The molecule has 0 amide bonds. The van der Waals surface area contributed by atoms with Crippen LogP contribution in [0.3, 0.4) is 0 Å². The van der Waals surface area contributed by atoms with Crippen LogP contribution in [-0.2, 0) is 0 Å². The molecule has 0 unspecified atom stereocenters. The number of pyridine rings is 1. The van der Waals surface area contributed by atoms with Crippen molar-refractivity contribution in [3.8, 4) is 0 Å². The van der Waals surface area contributed by atoms with Crippen LogP contribution in [0.2, 0.25) is 0 Å². The van der Waals surface area contributed by atoms with Crippen molar-refractivity contribution >= 4 is 23.3 Å². The normalized spacial score (nSPS) is 10.3. The zero-order valence-electron chi connectivity index (χ0n) is 10.7. The van der Waals surface area contributed by atoms with Crippen LogP contribution >= 0.6 is 11.8 Å². The first-order valence-corrected chi connectivity index (χ1v) is 6.74. The summed E-state index contributed by atoms with van der Waals surface area (Å²) in [6, 6.07) is 8.75. The monoisotopic (exact) mass is 293 g/mol. The molecule has 0 bridgehead atoms. The van der Waals surface area contributed by atoms with Gasteiger partial charge in [-0.2, -0.15) is 0 Å². The van der Waals surface area contributed by atoms with Crippen LogP contribution in [0.1, 0.15) is 6.92 Å². The van der Waals surface area contributed by atoms with Crippen molar-refractivity contribution in [1.82, 2.24) is 4.98 Å². The summed E-state index contributed by atoms with van der Waals surface area (Å²) in [7, 11) is 0. The summed E-state index contributed by atoms with van der Waals surface area (Å²) in [5.74, 6) is 0.0768. The lowest BCUT2D eigenvalue weighted by Crippen LogP contribution is -2.01. The molecule has 0 aliphatic rings. The van der Waals surface area contributed by atoms with Gasteiger partial charge in [0, 0.05) is 17.5 Å². The molecule has 0 saturated heterocycles. The molecule has 20 heavy (non-hydrogen) atoms. The molecule has 7 heteroatoms. The molecule has 0 radical (unpaired) electrons. The number of rotatable bonds is 5. The smallest absolute Gasteiger partial charge is 0.275 e. The molecule has 2 aromatic rings. The molecule has 0 aliphatic carbocycles. The molecule has 1 aromatic carbocycles. The second-order valence-electron chi connectivity index (χ2n) is 3.90. The molecular formula is C13H12FN3O2S. The Bertz CT molecular complexity index is 637. The van der Waals surface area contributed by atoms with E-state index in [1.165, 1.54) is 36.0 Å². The summed E-state index contributed by atoms with van der Waals surface area (Å²) in [5, 5.41) is 14.3. The summed E-state index contributed by atoms with van der Waals surface area (Å²) >= 11 is 1.18. The van der Waals surface area contributed by atoms with Gasteiger partial charge >= 0.3 is 0 Å². The quantitative estimate of drug-likeness (QED) is 0.672. The second kappa shape index (κ2) is 6.33. The molecule has 2 rings (SSSR count). The van der Waals surface area contributed by atoms with Gasteiger partial charge < -0.3 is 5.32 Å². The first-order valence-electron chi connectivity index (χ1n) is 5.92. The predicted octanol–water partition coefficient (Wildman–Crippen LogP) is 3.71. The van der Waals surface area contributed by atoms with Crippen LogP contribution in [0.15, 0.2) is 46.3 Å². The van der Waals surface area contributed by atoms with Crippen molar-refractivity contribution in [2.24, 2.45) is 0 Å². The molecule has 1 aromatic heterocycles. The van der Waals surface area contributed by atoms with Crippen LogP contribution < -0.4 is 5.32 Å². The Morgan fingerprint density at radius 2 is 2.20 bits per heavy atom. The Morgan fingerprint density at radius 1 is 1.40 bits per heavy atom. The largest absolute Gasteiger partial charge is 0.370 e. The Balaban J connectivity index is 2.32. The van der Waals surface area contributed by atoms with Gasteiger partial charge in [0.1, 0.15) is 16.7 Å². The topological polar surface area (TPSA) is 68.1 Å². The first-order chi connectivity index (χ1) is 9.58. The Hall–Kier alpha value is -2.15. The Kier molecular flexibility index (Phi) is 4.52. The third kappa shape index (κ3) is 3.67. The molecule has 0 spiro atoms. The molecule has 0 fully saturated rings. The summed E-state index contributed by atoms with van der Waals surface area (Å²) in [4.78, 5) is 15.3. The van der Waals surface area contributed by atoms with Gasteiger partial charge in [-0.1, -0.05) is 17.8 Å². The van der Waals surface area contributed by atoms with E-state index in [1.807, 2.05) is 6.92 Å². The molecule has 1 N–H and O–H groups in total. The fourth-order valence-electron chi connectivity index (χ4n) is 1.57. The number of benzene rings is 1. The Morgan fingerprint density at radius 3 is 2.85 bits per heavy atom. The van der Waals surface area contributed by atoms with Crippen molar-refractivity contribution in [2.45, 2.75) is 16.8 Å². The molecule has 0 atom stereocenters. The Labute approximate surface area is 119 Å². The van der Waals surface area contributed by atoms with Crippen LogP contribution in [0.5, 0.6) is 0 Å². The highest BCUT2D eigenvalue weighted by atomic mass is 32.2. The number of nitro groups is 1. The highest BCUT2D eigenvalue weighted by molar-refractivity contribution is 7.99. The van der Waals surface area contributed by atoms with Gasteiger partial charge in [0.05, 0.1) is 11.0 Å². The standard InChI is InChI=1S/C13H12FN3O2S/c1-2-15-12-7-10(17(18)19)8-13(16-12)20-11-5-3-4-9(14)6-11/h3-8H,2H2,1H3,(H,15,16). The number of anilines is 1. The van der Waals surface area contributed by atoms with Gasteiger partial charge in [0.25, 0.3) is 5.69 Å². The van der Waals surface area contributed by atoms with E-state index in [2.05, 4.69) is 10.3 Å². The number of hydrogen-bond acceptors (Lipinski definition) is 5. The summed E-state index contributed by atoms with van der Waals surface area (Å²) in [6.07, 6.45) is 0. The van der Waals surface area contributed by atoms with Gasteiger partial charge in [-0.05, 0) is 25.1 Å². The lowest BCUT2D eigenvalue weighted by molar-refractivity contribution is -0.385. The van der Waals surface area contributed by atoms with Crippen molar-refractivity contribution < 1.29 is 9.31 Å². The van der Waals surface area contributed by atoms with E-state index < -0.39 is 4.92 Å². The lowest BCUT2D eigenvalue weighted by Gasteiger charge is -2.06. The van der Waals surface area contributed by atoms with Crippen molar-refractivity contribution in [3.63, 3.8) is 0 Å². The molecule has 0 aliphatic heterocycles. The van der Waals surface area contributed by atoms with E-state index in [4.69, 9.17) is 0 Å². The SMILES string of the molecule is CCNc1cc([N+](=O)[O-])cc(Sc2cccc(F)c2)n1. The van der Waals surface area contributed by atoms with E-state index in [0.29, 0.717) is 22.3 Å². The molecule has 5 nitrogen and oxygen atoms in total. The molecular weight excluding hydrogens is 281 g/mol. The third-order valence-electron chi connectivity index (χ3n) is 2.37. The number of aromatic nitrogens is 1. The van der Waals surface area contributed by atoms with E-state index in [0.717, 1.165) is 0 Å². The molecule has 1 heterocycles. The van der Waals surface area contributed by atoms with Crippen LogP contribution in [0.25, 0.3) is 0 Å².